The normalized spacial score (nSPS) is 27.1. The van der Waals surface area contributed by atoms with Gasteiger partial charge in [0.1, 0.15) is 0 Å². The molecule has 4 nitrogen and oxygen atoms in total. The molecule has 1 aliphatic heterocycles. The topological polar surface area (TPSA) is 33.7 Å². The molecule has 0 amide bonds. The number of nitrogens with zero attached hydrogens (tertiary/aromatic N) is 1. The lowest BCUT2D eigenvalue weighted by molar-refractivity contribution is -0.00461. The van der Waals surface area contributed by atoms with Gasteiger partial charge in [0, 0.05) is 46.9 Å². The maximum Gasteiger partial charge on any atom is 0.0971 e. The molecular formula is C11H22N2O2. The first kappa shape index (κ1) is 12.6. The zero-order chi connectivity index (χ0) is 11.1. The van der Waals surface area contributed by atoms with Crippen LogP contribution in [0.5, 0.6) is 0 Å². The van der Waals surface area contributed by atoms with Gasteiger partial charge in [-0.1, -0.05) is 6.08 Å². The monoisotopic (exact) mass is 214 g/mol. The smallest absolute Gasteiger partial charge is 0.0971 e. The number of ether oxygens (including phenoxy) is 2. The molecule has 1 saturated heterocycles. The average Bonchev–Trinajstić information content (AvgIpc) is 2.67. The molecule has 88 valence electrons. The second-order valence-electron chi connectivity index (χ2n) is 3.80. The molecule has 1 rings (SSSR count). The highest BCUT2D eigenvalue weighted by molar-refractivity contribution is 4.85. The van der Waals surface area contributed by atoms with Gasteiger partial charge in [-0.3, -0.25) is 4.90 Å². The Balaban J connectivity index is 2.18. The van der Waals surface area contributed by atoms with Crippen LogP contribution in [0.15, 0.2) is 12.7 Å². The quantitative estimate of drug-likeness (QED) is 0.482. The first-order valence-corrected chi connectivity index (χ1v) is 5.41. The molecular weight excluding hydrogens is 192 g/mol. The second kappa shape index (κ2) is 6.95. The molecule has 2 unspecified atom stereocenters. The Labute approximate surface area is 92.2 Å². The van der Waals surface area contributed by atoms with Crippen molar-refractivity contribution < 1.29 is 9.47 Å². The fourth-order valence-corrected chi connectivity index (χ4v) is 1.90. The summed E-state index contributed by atoms with van der Waals surface area (Å²) in [7, 11) is 3.49. The number of hydrogen-bond acceptors (Lipinski definition) is 4. The van der Waals surface area contributed by atoms with Gasteiger partial charge < -0.3 is 14.8 Å². The highest BCUT2D eigenvalue weighted by Crippen LogP contribution is 2.14. The van der Waals surface area contributed by atoms with Crippen molar-refractivity contribution in [1.82, 2.24) is 10.2 Å². The molecule has 15 heavy (non-hydrogen) atoms. The molecule has 4 heteroatoms. The summed E-state index contributed by atoms with van der Waals surface area (Å²) in [5.74, 6) is 0. The van der Waals surface area contributed by atoms with Crippen LogP contribution in [0, 0.1) is 0 Å². The van der Waals surface area contributed by atoms with E-state index in [2.05, 4.69) is 16.8 Å². The van der Waals surface area contributed by atoms with Crippen molar-refractivity contribution in [1.29, 1.82) is 0 Å². The molecule has 2 atom stereocenters. The summed E-state index contributed by atoms with van der Waals surface area (Å²) < 4.78 is 10.7. The van der Waals surface area contributed by atoms with Gasteiger partial charge in [0.2, 0.25) is 0 Å². The van der Waals surface area contributed by atoms with E-state index >= 15 is 0 Å². The molecule has 1 aliphatic rings. The van der Waals surface area contributed by atoms with Crippen LogP contribution in [-0.4, -0.2) is 64.1 Å². The third-order valence-electron chi connectivity index (χ3n) is 2.79. The second-order valence-corrected chi connectivity index (χ2v) is 3.80. The molecule has 0 bridgehead atoms. The maximum absolute atomic E-state index is 5.37. The minimum atomic E-state index is 0.217. The Bertz CT molecular complexity index is 175. The summed E-state index contributed by atoms with van der Waals surface area (Å²) in [6.45, 7) is 8.48. The van der Waals surface area contributed by atoms with Crippen LogP contribution in [-0.2, 0) is 9.47 Å². The Morgan fingerprint density at radius 1 is 1.33 bits per heavy atom. The van der Waals surface area contributed by atoms with Crippen molar-refractivity contribution in [3.05, 3.63) is 12.7 Å². The van der Waals surface area contributed by atoms with Gasteiger partial charge in [-0.25, -0.2) is 0 Å². The predicted octanol–water partition coefficient (Wildman–Crippen LogP) is 0.108. The lowest BCUT2D eigenvalue weighted by atomic mass is 10.3. The van der Waals surface area contributed by atoms with Crippen molar-refractivity contribution >= 4 is 0 Å². The van der Waals surface area contributed by atoms with Crippen molar-refractivity contribution in [3.8, 4) is 0 Å². The highest BCUT2D eigenvalue weighted by Gasteiger charge is 2.32. The van der Waals surface area contributed by atoms with Gasteiger partial charge in [-0.15, -0.1) is 6.58 Å². The van der Waals surface area contributed by atoms with Crippen molar-refractivity contribution in [3.63, 3.8) is 0 Å². The summed E-state index contributed by atoms with van der Waals surface area (Å²) in [6.07, 6.45) is 2.31. The van der Waals surface area contributed by atoms with E-state index in [4.69, 9.17) is 9.47 Å². The molecule has 0 aromatic carbocycles. The molecule has 1 heterocycles. The number of likely N-dealkylation sites (tertiary alicyclic amines) is 1. The molecule has 0 aromatic rings. The first-order chi connectivity index (χ1) is 7.31. The van der Waals surface area contributed by atoms with Crippen molar-refractivity contribution in [2.24, 2.45) is 0 Å². The SMILES string of the molecule is C=CCNCCN1CC(OC)C(OC)C1. The summed E-state index contributed by atoms with van der Waals surface area (Å²) in [4.78, 5) is 2.36. The molecule has 1 fully saturated rings. The standard InChI is InChI=1S/C11H22N2O2/c1-4-5-12-6-7-13-8-10(14-2)11(9-13)15-3/h4,10-12H,1,5-9H2,2-3H3. The molecule has 0 spiro atoms. The van der Waals surface area contributed by atoms with Gasteiger partial charge in [0.05, 0.1) is 12.2 Å². The van der Waals surface area contributed by atoms with E-state index < -0.39 is 0 Å². The first-order valence-electron chi connectivity index (χ1n) is 5.41. The minimum absolute atomic E-state index is 0.217. The van der Waals surface area contributed by atoms with Gasteiger partial charge in [-0.05, 0) is 0 Å². The van der Waals surface area contributed by atoms with E-state index in [9.17, 15) is 0 Å². The lowest BCUT2D eigenvalue weighted by Gasteiger charge is -2.14. The van der Waals surface area contributed by atoms with Gasteiger partial charge in [0.25, 0.3) is 0 Å². The average molecular weight is 214 g/mol. The zero-order valence-corrected chi connectivity index (χ0v) is 9.74. The van der Waals surface area contributed by atoms with Gasteiger partial charge in [-0.2, -0.15) is 0 Å². The minimum Gasteiger partial charge on any atom is -0.377 e. The molecule has 0 aliphatic carbocycles. The maximum atomic E-state index is 5.37. The largest absolute Gasteiger partial charge is 0.377 e. The fourth-order valence-electron chi connectivity index (χ4n) is 1.90. The lowest BCUT2D eigenvalue weighted by Crippen LogP contribution is -2.31. The Morgan fingerprint density at radius 2 is 1.93 bits per heavy atom. The van der Waals surface area contributed by atoms with Crippen LogP contribution in [0.3, 0.4) is 0 Å². The summed E-state index contributed by atoms with van der Waals surface area (Å²) in [5, 5.41) is 3.29. The van der Waals surface area contributed by atoms with E-state index in [0.29, 0.717) is 0 Å². The van der Waals surface area contributed by atoms with E-state index in [1.54, 1.807) is 14.2 Å². The zero-order valence-electron chi connectivity index (χ0n) is 9.74. The molecule has 1 N–H and O–H groups in total. The summed E-state index contributed by atoms with van der Waals surface area (Å²) in [6, 6.07) is 0. The van der Waals surface area contributed by atoms with Crippen LogP contribution in [0.4, 0.5) is 0 Å². The van der Waals surface area contributed by atoms with Gasteiger partial charge >= 0.3 is 0 Å². The predicted molar refractivity (Wildman–Crippen MR) is 61.1 cm³/mol. The summed E-state index contributed by atoms with van der Waals surface area (Å²) in [5.41, 5.74) is 0. The molecule has 0 aromatic heterocycles. The van der Waals surface area contributed by atoms with Crippen LogP contribution < -0.4 is 5.32 Å². The third-order valence-corrected chi connectivity index (χ3v) is 2.79. The number of rotatable bonds is 7. The van der Waals surface area contributed by atoms with E-state index in [1.165, 1.54) is 0 Å². The fraction of sp³-hybridized carbons (Fsp3) is 0.818. The van der Waals surface area contributed by atoms with E-state index in [-0.39, 0.29) is 12.2 Å². The van der Waals surface area contributed by atoms with E-state index in [1.807, 2.05) is 6.08 Å². The van der Waals surface area contributed by atoms with Crippen molar-refractivity contribution in [2.45, 2.75) is 12.2 Å². The number of methoxy groups -OCH3 is 2. The summed E-state index contributed by atoms with van der Waals surface area (Å²) >= 11 is 0. The van der Waals surface area contributed by atoms with Crippen LogP contribution in [0.25, 0.3) is 0 Å². The van der Waals surface area contributed by atoms with Crippen molar-refractivity contribution in [2.75, 3.05) is 46.9 Å². The van der Waals surface area contributed by atoms with Gasteiger partial charge in [0.15, 0.2) is 0 Å². The molecule has 0 radical (unpaired) electrons. The van der Waals surface area contributed by atoms with Crippen LogP contribution in [0.2, 0.25) is 0 Å². The third kappa shape index (κ3) is 3.91. The number of nitrogens with one attached hydrogen (secondary N) is 1. The van der Waals surface area contributed by atoms with Crippen LogP contribution in [0.1, 0.15) is 0 Å². The van der Waals surface area contributed by atoms with E-state index in [0.717, 1.165) is 32.7 Å². The Kier molecular flexibility index (Phi) is 5.86. The highest BCUT2D eigenvalue weighted by atomic mass is 16.5. The Morgan fingerprint density at radius 3 is 2.40 bits per heavy atom. The Hall–Kier alpha value is -0.420. The number of hydrogen-bond donors (Lipinski definition) is 1. The molecule has 0 saturated carbocycles. The van der Waals surface area contributed by atoms with Crippen LogP contribution >= 0.6 is 0 Å².